The number of hydrogen-bond acceptors (Lipinski definition) is 6. The Morgan fingerprint density at radius 3 is 2.34 bits per heavy atom. The summed E-state index contributed by atoms with van der Waals surface area (Å²) in [6.45, 7) is 4.24. The first-order valence-corrected chi connectivity index (χ1v) is 12.2. The van der Waals surface area contributed by atoms with Crippen molar-refractivity contribution in [1.29, 1.82) is 0 Å². The van der Waals surface area contributed by atoms with Crippen molar-refractivity contribution in [2.24, 2.45) is 0 Å². The smallest absolute Gasteiger partial charge is 0.335 e. The van der Waals surface area contributed by atoms with Crippen LogP contribution in [0, 0.1) is 5.82 Å². The number of urea groups is 1. The number of carbonyl (C=O) groups is 3. The van der Waals surface area contributed by atoms with Crippen molar-refractivity contribution in [1.82, 2.24) is 5.32 Å². The minimum Gasteiger partial charge on any atom is -0.494 e. The number of nitrogens with zero attached hydrogens (tertiary/aromatic N) is 1. The first-order chi connectivity index (χ1) is 18.3. The Bertz CT molecular complexity index is 1410. The fraction of sp³-hybridized carbons (Fsp3) is 0.179. The molecule has 3 aromatic rings. The van der Waals surface area contributed by atoms with Gasteiger partial charge in [-0.25, -0.2) is 14.1 Å². The summed E-state index contributed by atoms with van der Waals surface area (Å²) in [5, 5.41) is 2.31. The number of ether oxygens (including phenoxy) is 3. The van der Waals surface area contributed by atoms with Gasteiger partial charge in [0, 0.05) is 5.56 Å². The molecule has 0 radical (unpaired) electrons. The molecule has 1 fully saturated rings. The van der Waals surface area contributed by atoms with E-state index in [1.807, 2.05) is 6.92 Å². The van der Waals surface area contributed by atoms with Crippen molar-refractivity contribution in [2.45, 2.75) is 20.5 Å². The van der Waals surface area contributed by atoms with Crippen LogP contribution in [0.5, 0.6) is 17.2 Å². The Morgan fingerprint density at radius 1 is 0.947 bits per heavy atom. The van der Waals surface area contributed by atoms with Gasteiger partial charge in [0.1, 0.15) is 23.7 Å². The number of imide groups is 2. The second kappa shape index (κ2) is 11.8. The van der Waals surface area contributed by atoms with Gasteiger partial charge < -0.3 is 14.2 Å². The lowest BCUT2D eigenvalue weighted by atomic mass is 10.1. The molecule has 3 aromatic carbocycles. The van der Waals surface area contributed by atoms with Gasteiger partial charge in [-0.2, -0.15) is 0 Å². The molecule has 0 aliphatic carbocycles. The highest BCUT2D eigenvalue weighted by atomic mass is 35.5. The fourth-order valence-electron chi connectivity index (χ4n) is 3.76. The summed E-state index contributed by atoms with van der Waals surface area (Å²) >= 11 is 6.47. The van der Waals surface area contributed by atoms with Gasteiger partial charge in [0.05, 0.1) is 23.9 Å². The molecule has 8 nitrogen and oxygen atoms in total. The summed E-state index contributed by atoms with van der Waals surface area (Å²) in [4.78, 5) is 39.2. The van der Waals surface area contributed by atoms with Gasteiger partial charge in [-0.3, -0.25) is 14.9 Å². The average Bonchev–Trinajstić information content (AvgIpc) is 2.88. The minimum atomic E-state index is -0.869. The largest absolute Gasteiger partial charge is 0.494 e. The van der Waals surface area contributed by atoms with Crippen LogP contribution < -0.4 is 24.4 Å². The van der Waals surface area contributed by atoms with E-state index in [4.69, 9.17) is 25.8 Å². The number of halogens is 2. The molecule has 0 aromatic heterocycles. The molecule has 1 saturated heterocycles. The Morgan fingerprint density at radius 2 is 1.66 bits per heavy atom. The van der Waals surface area contributed by atoms with E-state index in [0.29, 0.717) is 23.5 Å². The molecule has 38 heavy (non-hydrogen) atoms. The third kappa shape index (κ3) is 5.78. The molecule has 10 heteroatoms. The summed E-state index contributed by atoms with van der Waals surface area (Å²) in [6, 6.07) is 14.7. The second-order valence-corrected chi connectivity index (χ2v) is 8.44. The number of barbiturate groups is 1. The molecular weight excluding hydrogens is 515 g/mol. The molecule has 1 aliphatic heterocycles. The molecule has 0 unspecified atom stereocenters. The highest BCUT2D eigenvalue weighted by Crippen LogP contribution is 2.38. The van der Waals surface area contributed by atoms with Crippen LogP contribution in [-0.2, 0) is 16.2 Å². The van der Waals surface area contributed by atoms with E-state index >= 15 is 0 Å². The van der Waals surface area contributed by atoms with Crippen LogP contribution in [0.2, 0.25) is 5.02 Å². The SMILES string of the molecule is CCOc1ccc(N2C(=O)NC(=O)/C(=C\c3cc(Cl)c(OCc4ccccc4F)c(OCC)c3)C2=O)cc1. The number of rotatable bonds is 9. The van der Waals surface area contributed by atoms with E-state index in [9.17, 15) is 18.8 Å². The zero-order valence-corrected chi connectivity index (χ0v) is 21.4. The molecule has 0 spiro atoms. The monoisotopic (exact) mass is 538 g/mol. The standard InChI is InChI=1S/C28H24ClFN2O6/c1-3-36-20-11-9-19(10-12-20)32-27(34)21(26(33)31-28(32)35)13-17-14-22(29)25(24(15-17)37-4-2)38-16-18-7-5-6-8-23(18)30/h5-15H,3-4,16H2,1-2H3,(H,31,33,35)/b21-13+. The number of hydrogen-bond donors (Lipinski definition) is 1. The van der Waals surface area contributed by atoms with E-state index < -0.39 is 23.7 Å². The van der Waals surface area contributed by atoms with Gasteiger partial charge in [0.25, 0.3) is 11.8 Å². The molecule has 1 N–H and O–H groups in total. The van der Waals surface area contributed by atoms with Crippen LogP contribution in [0.4, 0.5) is 14.9 Å². The van der Waals surface area contributed by atoms with Gasteiger partial charge in [-0.15, -0.1) is 0 Å². The molecule has 196 valence electrons. The second-order valence-electron chi connectivity index (χ2n) is 8.03. The van der Waals surface area contributed by atoms with E-state index in [-0.39, 0.29) is 41.0 Å². The van der Waals surface area contributed by atoms with Crippen molar-refractivity contribution in [3.05, 3.63) is 88.2 Å². The Kier molecular flexibility index (Phi) is 8.28. The van der Waals surface area contributed by atoms with Gasteiger partial charge >= 0.3 is 6.03 Å². The topological polar surface area (TPSA) is 94.2 Å². The molecule has 1 heterocycles. The highest BCUT2D eigenvalue weighted by molar-refractivity contribution is 6.39. The summed E-state index contributed by atoms with van der Waals surface area (Å²) in [7, 11) is 0. The third-order valence-electron chi connectivity index (χ3n) is 5.48. The van der Waals surface area contributed by atoms with Crippen LogP contribution in [0.15, 0.2) is 66.2 Å². The van der Waals surface area contributed by atoms with Crippen LogP contribution in [0.25, 0.3) is 6.08 Å². The first-order valence-electron chi connectivity index (χ1n) is 11.8. The van der Waals surface area contributed by atoms with E-state index in [0.717, 1.165) is 4.90 Å². The maximum absolute atomic E-state index is 14.0. The quantitative estimate of drug-likeness (QED) is 0.285. The lowest BCUT2D eigenvalue weighted by Gasteiger charge is -2.26. The Balaban J connectivity index is 1.64. The van der Waals surface area contributed by atoms with Crippen LogP contribution >= 0.6 is 11.6 Å². The van der Waals surface area contributed by atoms with Gasteiger partial charge in [-0.1, -0.05) is 29.8 Å². The molecule has 0 bridgehead atoms. The first kappa shape index (κ1) is 26.7. The Labute approximate surface area is 223 Å². The van der Waals surface area contributed by atoms with Crippen molar-refractivity contribution >= 4 is 41.2 Å². The van der Waals surface area contributed by atoms with Crippen molar-refractivity contribution in [3.63, 3.8) is 0 Å². The average molecular weight is 539 g/mol. The van der Waals surface area contributed by atoms with E-state index in [2.05, 4.69) is 5.32 Å². The summed E-state index contributed by atoms with van der Waals surface area (Å²) < 4.78 is 30.8. The van der Waals surface area contributed by atoms with Crippen LogP contribution in [-0.4, -0.2) is 31.1 Å². The number of carbonyl (C=O) groups excluding carboxylic acids is 3. The van der Waals surface area contributed by atoms with Crippen LogP contribution in [0.3, 0.4) is 0 Å². The highest BCUT2D eigenvalue weighted by Gasteiger charge is 2.37. The van der Waals surface area contributed by atoms with Crippen molar-refractivity contribution in [3.8, 4) is 17.2 Å². The fourth-order valence-corrected chi connectivity index (χ4v) is 4.03. The summed E-state index contributed by atoms with van der Waals surface area (Å²) in [6.07, 6.45) is 1.31. The zero-order valence-electron chi connectivity index (χ0n) is 20.6. The van der Waals surface area contributed by atoms with Crippen molar-refractivity contribution < 1.29 is 33.0 Å². The normalized spacial score (nSPS) is 14.5. The molecular formula is C28H24ClFN2O6. The lowest BCUT2D eigenvalue weighted by molar-refractivity contribution is -0.122. The zero-order chi connectivity index (χ0) is 27.2. The molecule has 0 atom stereocenters. The number of nitrogens with one attached hydrogen (secondary N) is 1. The molecule has 0 saturated carbocycles. The number of anilines is 1. The van der Waals surface area contributed by atoms with Gasteiger partial charge in [0.2, 0.25) is 0 Å². The van der Waals surface area contributed by atoms with E-state index in [1.165, 1.54) is 24.3 Å². The number of amides is 4. The predicted molar refractivity (Wildman–Crippen MR) is 140 cm³/mol. The van der Waals surface area contributed by atoms with Crippen molar-refractivity contribution in [2.75, 3.05) is 18.1 Å². The van der Waals surface area contributed by atoms with Gasteiger partial charge in [0.15, 0.2) is 11.5 Å². The van der Waals surface area contributed by atoms with E-state index in [1.54, 1.807) is 49.4 Å². The maximum Gasteiger partial charge on any atom is 0.335 e. The Hall–Kier alpha value is -4.37. The molecule has 1 aliphatic rings. The van der Waals surface area contributed by atoms with Crippen LogP contribution in [0.1, 0.15) is 25.0 Å². The summed E-state index contributed by atoms with van der Waals surface area (Å²) in [5.74, 6) is -1.08. The number of benzene rings is 3. The predicted octanol–water partition coefficient (Wildman–Crippen LogP) is 5.52. The third-order valence-corrected chi connectivity index (χ3v) is 5.76. The molecule has 4 amide bonds. The molecule has 4 rings (SSSR count). The minimum absolute atomic E-state index is 0.0903. The lowest BCUT2D eigenvalue weighted by Crippen LogP contribution is -2.54. The summed E-state index contributed by atoms with van der Waals surface area (Å²) in [5.41, 5.74) is 0.674. The maximum atomic E-state index is 14.0. The van der Waals surface area contributed by atoms with Gasteiger partial charge in [-0.05, 0) is 68.0 Å².